The van der Waals surface area contributed by atoms with Gasteiger partial charge in [0, 0.05) is 29.5 Å². The Kier molecular flexibility index (Phi) is 5.28. The number of aromatic nitrogens is 2. The van der Waals surface area contributed by atoms with Crippen molar-refractivity contribution in [3.8, 4) is 11.4 Å². The number of pyridine rings is 1. The molecule has 2 aromatic carbocycles. The van der Waals surface area contributed by atoms with Crippen LogP contribution in [0.15, 0.2) is 85.2 Å². The van der Waals surface area contributed by atoms with Crippen LogP contribution >= 0.6 is 23.8 Å². The number of anilines is 1. The summed E-state index contributed by atoms with van der Waals surface area (Å²) >= 11 is 11.8. The summed E-state index contributed by atoms with van der Waals surface area (Å²) in [4.78, 5) is 6.56. The summed E-state index contributed by atoms with van der Waals surface area (Å²) in [6.07, 6.45) is 3.66. The van der Waals surface area contributed by atoms with Gasteiger partial charge in [-0.05, 0) is 78.9 Å². The zero-order chi connectivity index (χ0) is 22.2. The first-order valence-corrected chi connectivity index (χ1v) is 10.7. The van der Waals surface area contributed by atoms with Crippen molar-refractivity contribution in [2.45, 2.75) is 12.1 Å². The summed E-state index contributed by atoms with van der Waals surface area (Å²) in [5.74, 6) is -0.293. The topological polar surface area (TPSA) is 53.3 Å². The minimum atomic E-state index is -0.468. The van der Waals surface area contributed by atoms with Gasteiger partial charge in [0.1, 0.15) is 17.6 Å². The van der Waals surface area contributed by atoms with E-state index in [9.17, 15) is 9.50 Å². The minimum absolute atomic E-state index is 0.0545. The third-order valence-corrected chi connectivity index (χ3v) is 6.09. The third-order valence-electron chi connectivity index (χ3n) is 5.49. The smallest absolute Gasteiger partial charge is 0.174 e. The van der Waals surface area contributed by atoms with Crippen molar-refractivity contribution in [3.05, 3.63) is 107 Å². The van der Waals surface area contributed by atoms with E-state index in [0.717, 1.165) is 22.8 Å². The van der Waals surface area contributed by atoms with E-state index in [1.54, 1.807) is 30.5 Å². The first kappa shape index (κ1) is 20.5. The van der Waals surface area contributed by atoms with Gasteiger partial charge in [-0.15, -0.1) is 0 Å². The first-order valence-electron chi connectivity index (χ1n) is 9.95. The van der Waals surface area contributed by atoms with Gasteiger partial charge < -0.3 is 19.9 Å². The standard InChI is InChI=1S/C24H18ClFN4OS/c25-18-14-16(8-11-19(18)26)29-13-3-5-21(29)23-22(20-4-1-2-12-27-20)28-24(32)30(23)15-6-9-17(31)10-7-15/h1-14,22-23,31H,(H,28,32)/t22-,23-/m0/s1. The molecule has 160 valence electrons. The SMILES string of the molecule is Oc1ccc(N2C(=S)N[C@@H](c3ccccn3)[C@@H]2c2cccn2-c2ccc(F)c(Cl)c2)cc1. The number of nitrogens with zero attached hydrogens (tertiary/aromatic N) is 3. The predicted octanol–water partition coefficient (Wildman–Crippen LogP) is 5.55. The predicted molar refractivity (Wildman–Crippen MR) is 127 cm³/mol. The third kappa shape index (κ3) is 3.59. The molecule has 0 bridgehead atoms. The van der Waals surface area contributed by atoms with Gasteiger partial charge in [0.05, 0.1) is 16.8 Å². The molecule has 0 radical (unpaired) electrons. The molecule has 0 unspecified atom stereocenters. The molecule has 1 saturated heterocycles. The van der Waals surface area contributed by atoms with Crippen LogP contribution in [0.1, 0.15) is 23.5 Å². The largest absolute Gasteiger partial charge is 0.508 e. The second kappa shape index (κ2) is 8.26. The van der Waals surface area contributed by atoms with Crippen molar-refractivity contribution >= 4 is 34.6 Å². The molecule has 2 N–H and O–H groups in total. The Balaban J connectivity index is 1.67. The molecule has 1 fully saturated rings. The van der Waals surface area contributed by atoms with Gasteiger partial charge in [0.15, 0.2) is 5.11 Å². The van der Waals surface area contributed by atoms with Crippen molar-refractivity contribution in [1.82, 2.24) is 14.9 Å². The number of thiocarbonyl (C=S) groups is 1. The fourth-order valence-electron chi connectivity index (χ4n) is 4.05. The average molecular weight is 465 g/mol. The lowest BCUT2D eigenvalue weighted by Crippen LogP contribution is -2.30. The van der Waals surface area contributed by atoms with Crippen molar-refractivity contribution in [1.29, 1.82) is 0 Å². The highest BCUT2D eigenvalue weighted by Crippen LogP contribution is 2.42. The molecule has 0 saturated carbocycles. The van der Waals surface area contributed by atoms with E-state index in [1.807, 2.05) is 58.1 Å². The van der Waals surface area contributed by atoms with Gasteiger partial charge in [-0.25, -0.2) is 4.39 Å². The van der Waals surface area contributed by atoms with E-state index in [1.165, 1.54) is 6.07 Å². The van der Waals surface area contributed by atoms with Gasteiger partial charge in [-0.1, -0.05) is 17.7 Å². The number of phenolic OH excluding ortho intramolecular Hbond substituents is 1. The van der Waals surface area contributed by atoms with E-state index < -0.39 is 5.82 Å². The Morgan fingerprint density at radius 3 is 2.50 bits per heavy atom. The Labute approximate surface area is 194 Å². The van der Waals surface area contributed by atoms with Crippen LogP contribution in [0, 0.1) is 5.82 Å². The van der Waals surface area contributed by atoms with Crippen LogP contribution in [-0.2, 0) is 0 Å². The fourth-order valence-corrected chi connectivity index (χ4v) is 4.57. The number of hydrogen-bond donors (Lipinski definition) is 2. The van der Waals surface area contributed by atoms with E-state index >= 15 is 0 Å². The fraction of sp³-hybridized carbons (Fsp3) is 0.0833. The van der Waals surface area contributed by atoms with Crippen LogP contribution < -0.4 is 10.2 Å². The molecule has 0 aliphatic carbocycles. The Hall–Kier alpha value is -3.42. The Morgan fingerprint density at radius 2 is 1.78 bits per heavy atom. The Bertz CT molecular complexity index is 1280. The van der Waals surface area contributed by atoms with Crippen LogP contribution in [0.5, 0.6) is 5.75 Å². The monoisotopic (exact) mass is 464 g/mol. The molecule has 32 heavy (non-hydrogen) atoms. The maximum absolute atomic E-state index is 13.8. The van der Waals surface area contributed by atoms with Gasteiger partial charge in [-0.3, -0.25) is 4.98 Å². The molecule has 0 amide bonds. The van der Waals surface area contributed by atoms with Crippen molar-refractivity contribution in [2.24, 2.45) is 0 Å². The highest BCUT2D eigenvalue weighted by Gasteiger charge is 2.42. The van der Waals surface area contributed by atoms with Crippen molar-refractivity contribution in [3.63, 3.8) is 0 Å². The number of halogens is 2. The summed E-state index contributed by atoms with van der Waals surface area (Å²) < 4.78 is 15.8. The van der Waals surface area contributed by atoms with Crippen molar-refractivity contribution < 1.29 is 9.50 Å². The van der Waals surface area contributed by atoms with E-state index in [4.69, 9.17) is 23.8 Å². The van der Waals surface area contributed by atoms with Gasteiger partial charge in [0.2, 0.25) is 0 Å². The lowest BCUT2D eigenvalue weighted by Gasteiger charge is -2.29. The molecule has 2 atom stereocenters. The van der Waals surface area contributed by atoms with E-state index in [-0.39, 0.29) is 22.9 Å². The summed E-state index contributed by atoms with van der Waals surface area (Å²) in [5, 5.41) is 13.8. The second-order valence-corrected chi connectivity index (χ2v) is 8.21. The molecule has 3 heterocycles. The number of rotatable bonds is 4. The molecule has 4 aromatic rings. The van der Waals surface area contributed by atoms with Gasteiger partial charge in [0.25, 0.3) is 0 Å². The average Bonchev–Trinajstić information content (AvgIpc) is 3.41. The van der Waals surface area contributed by atoms with E-state index in [0.29, 0.717) is 5.11 Å². The summed E-state index contributed by atoms with van der Waals surface area (Å²) in [6, 6.07) is 20.7. The van der Waals surface area contributed by atoms with Gasteiger partial charge >= 0.3 is 0 Å². The number of aromatic hydroxyl groups is 1. The Morgan fingerprint density at radius 1 is 1.00 bits per heavy atom. The highest BCUT2D eigenvalue weighted by atomic mass is 35.5. The molecule has 1 aliphatic rings. The molecule has 0 spiro atoms. The number of benzene rings is 2. The molecule has 1 aliphatic heterocycles. The molecule has 2 aromatic heterocycles. The quantitative estimate of drug-likeness (QED) is 0.388. The molecular weight excluding hydrogens is 447 g/mol. The van der Waals surface area contributed by atoms with Crippen LogP contribution in [-0.4, -0.2) is 19.8 Å². The maximum Gasteiger partial charge on any atom is 0.174 e. The summed E-state index contributed by atoms with van der Waals surface area (Å²) in [7, 11) is 0. The zero-order valence-corrected chi connectivity index (χ0v) is 18.3. The van der Waals surface area contributed by atoms with Crippen LogP contribution in [0.2, 0.25) is 5.02 Å². The number of phenols is 1. The summed E-state index contributed by atoms with van der Waals surface area (Å²) in [6.45, 7) is 0. The highest BCUT2D eigenvalue weighted by molar-refractivity contribution is 7.80. The van der Waals surface area contributed by atoms with Crippen LogP contribution in [0.25, 0.3) is 5.69 Å². The first-order chi connectivity index (χ1) is 15.5. The lowest BCUT2D eigenvalue weighted by atomic mass is 10.0. The van der Waals surface area contributed by atoms with Crippen LogP contribution in [0.3, 0.4) is 0 Å². The molecular formula is C24H18ClFN4OS. The molecule has 5 nitrogen and oxygen atoms in total. The van der Waals surface area contributed by atoms with Crippen molar-refractivity contribution in [2.75, 3.05) is 4.90 Å². The number of hydrogen-bond acceptors (Lipinski definition) is 3. The molecule has 5 rings (SSSR count). The maximum atomic E-state index is 13.8. The second-order valence-electron chi connectivity index (χ2n) is 7.41. The number of nitrogens with one attached hydrogen (secondary N) is 1. The van der Waals surface area contributed by atoms with E-state index in [2.05, 4.69) is 10.3 Å². The zero-order valence-electron chi connectivity index (χ0n) is 16.7. The lowest BCUT2D eigenvalue weighted by molar-refractivity contribution is 0.475. The molecule has 8 heteroatoms. The van der Waals surface area contributed by atoms with Gasteiger partial charge in [-0.2, -0.15) is 0 Å². The van der Waals surface area contributed by atoms with Crippen LogP contribution in [0.4, 0.5) is 10.1 Å². The normalized spacial score (nSPS) is 18.1. The summed E-state index contributed by atoms with van der Waals surface area (Å²) in [5.41, 5.74) is 3.32. The minimum Gasteiger partial charge on any atom is -0.508 e.